The molecule has 5 nitrogen and oxygen atoms in total. The number of benzene rings is 1. The summed E-state index contributed by atoms with van der Waals surface area (Å²) in [5.41, 5.74) is 0.573. The zero-order valence-electron chi connectivity index (χ0n) is 13.6. The summed E-state index contributed by atoms with van der Waals surface area (Å²) in [4.78, 5) is 16.8. The quantitative estimate of drug-likeness (QED) is 0.767. The zero-order valence-corrected chi connectivity index (χ0v) is 15.1. The van der Waals surface area contributed by atoms with Gasteiger partial charge in [0.15, 0.2) is 11.5 Å². The van der Waals surface area contributed by atoms with Crippen LogP contribution < -0.4 is 9.47 Å². The maximum Gasteiger partial charge on any atom is 0.231 e. The minimum atomic E-state index is -0.895. The number of rotatable bonds is 3. The molecule has 0 spiro atoms. The van der Waals surface area contributed by atoms with Crippen molar-refractivity contribution < 1.29 is 14.3 Å². The average molecular weight is 371 g/mol. The molecule has 1 aliphatic carbocycles. The Labute approximate surface area is 151 Å². The summed E-state index contributed by atoms with van der Waals surface area (Å²) in [6, 6.07) is 6.04. The van der Waals surface area contributed by atoms with Crippen LogP contribution in [0.15, 0.2) is 18.2 Å². The van der Waals surface area contributed by atoms with Gasteiger partial charge in [-0.05, 0) is 31.0 Å². The first-order chi connectivity index (χ1) is 11.4. The van der Waals surface area contributed by atoms with Crippen LogP contribution in [0, 0.1) is 5.41 Å². The summed E-state index contributed by atoms with van der Waals surface area (Å²) >= 11 is 12.3. The van der Waals surface area contributed by atoms with E-state index < -0.39 is 9.75 Å². The lowest BCUT2D eigenvalue weighted by molar-refractivity contribution is -0.138. The van der Waals surface area contributed by atoms with Crippen LogP contribution in [0.1, 0.15) is 18.9 Å². The van der Waals surface area contributed by atoms with E-state index in [9.17, 15) is 4.79 Å². The van der Waals surface area contributed by atoms with E-state index in [1.807, 2.05) is 24.0 Å². The second kappa shape index (κ2) is 5.68. The topological polar surface area (TPSA) is 42.0 Å². The number of carbonyl (C=O) groups is 1. The van der Waals surface area contributed by atoms with Crippen molar-refractivity contribution in [1.82, 2.24) is 9.80 Å². The van der Waals surface area contributed by atoms with Gasteiger partial charge < -0.3 is 14.4 Å². The number of fused-ring (bicyclic) bond motifs is 1. The number of nitrogens with zero attached hydrogens (tertiary/aromatic N) is 2. The van der Waals surface area contributed by atoms with Crippen LogP contribution in [0.5, 0.6) is 11.5 Å². The Morgan fingerprint density at radius 2 is 1.83 bits per heavy atom. The molecule has 2 aliphatic heterocycles. The number of piperazine rings is 1. The van der Waals surface area contributed by atoms with Crippen LogP contribution in [-0.2, 0) is 11.3 Å². The van der Waals surface area contributed by atoms with E-state index in [0.717, 1.165) is 31.1 Å². The number of alkyl halides is 2. The molecule has 0 radical (unpaired) electrons. The van der Waals surface area contributed by atoms with Crippen molar-refractivity contribution >= 4 is 29.1 Å². The van der Waals surface area contributed by atoms with Gasteiger partial charge in [0.1, 0.15) is 4.33 Å². The first kappa shape index (κ1) is 16.3. The molecule has 2 fully saturated rings. The van der Waals surface area contributed by atoms with Crippen LogP contribution in [0.2, 0.25) is 0 Å². The van der Waals surface area contributed by atoms with Crippen molar-refractivity contribution in [2.75, 3.05) is 33.0 Å². The van der Waals surface area contributed by atoms with E-state index >= 15 is 0 Å². The SMILES string of the molecule is CC1(C(=O)N2CCN(Cc3ccc4c(c3)OCO4)CC2)CC1(Cl)Cl. The molecule has 130 valence electrons. The summed E-state index contributed by atoms with van der Waals surface area (Å²) in [5.74, 6) is 1.69. The Hall–Kier alpha value is -1.17. The van der Waals surface area contributed by atoms with Gasteiger partial charge in [-0.3, -0.25) is 9.69 Å². The molecule has 0 bridgehead atoms. The maximum absolute atomic E-state index is 12.6. The van der Waals surface area contributed by atoms with Gasteiger partial charge in [-0.15, -0.1) is 23.2 Å². The molecular weight excluding hydrogens is 351 g/mol. The van der Waals surface area contributed by atoms with Crippen molar-refractivity contribution in [3.05, 3.63) is 23.8 Å². The van der Waals surface area contributed by atoms with Gasteiger partial charge in [0, 0.05) is 32.7 Å². The smallest absolute Gasteiger partial charge is 0.231 e. The predicted molar refractivity (Wildman–Crippen MR) is 91.6 cm³/mol. The van der Waals surface area contributed by atoms with Crippen LogP contribution in [0.25, 0.3) is 0 Å². The Morgan fingerprint density at radius 3 is 2.50 bits per heavy atom. The number of carbonyl (C=O) groups excluding carboxylic acids is 1. The molecule has 1 unspecified atom stereocenters. The Morgan fingerprint density at radius 1 is 1.17 bits per heavy atom. The molecular formula is C17H20Cl2N2O3. The highest BCUT2D eigenvalue weighted by Gasteiger charge is 2.68. The fraction of sp³-hybridized carbons (Fsp3) is 0.588. The standard InChI is InChI=1S/C17H20Cl2N2O3/c1-16(10-17(16,18)19)15(22)21-6-4-20(5-7-21)9-12-2-3-13-14(8-12)24-11-23-13/h2-3,8H,4-7,9-11H2,1H3. The number of hydrogen-bond acceptors (Lipinski definition) is 4. The lowest BCUT2D eigenvalue weighted by atomic mass is 10.1. The normalized spacial score (nSPS) is 28.0. The summed E-state index contributed by atoms with van der Waals surface area (Å²) < 4.78 is 9.86. The molecule has 1 aromatic carbocycles. The van der Waals surface area contributed by atoms with E-state index in [-0.39, 0.29) is 5.91 Å². The maximum atomic E-state index is 12.6. The number of hydrogen-bond donors (Lipinski definition) is 0. The second-order valence-electron chi connectivity index (χ2n) is 6.97. The summed E-state index contributed by atoms with van der Waals surface area (Å²) in [7, 11) is 0. The third-order valence-electron chi connectivity index (χ3n) is 5.23. The monoisotopic (exact) mass is 370 g/mol. The molecule has 0 aromatic heterocycles. The average Bonchev–Trinajstić information content (AvgIpc) is 2.89. The highest BCUT2D eigenvalue weighted by molar-refractivity contribution is 6.53. The van der Waals surface area contributed by atoms with Gasteiger partial charge in [-0.2, -0.15) is 0 Å². The highest BCUT2D eigenvalue weighted by atomic mass is 35.5. The van der Waals surface area contributed by atoms with Gasteiger partial charge in [-0.1, -0.05) is 6.07 Å². The van der Waals surface area contributed by atoms with Crippen LogP contribution in [0.3, 0.4) is 0 Å². The largest absolute Gasteiger partial charge is 0.454 e. The molecule has 3 aliphatic rings. The first-order valence-electron chi connectivity index (χ1n) is 8.17. The van der Waals surface area contributed by atoms with Crippen molar-refractivity contribution in [2.24, 2.45) is 5.41 Å². The Kier molecular flexibility index (Phi) is 3.86. The van der Waals surface area contributed by atoms with Crippen molar-refractivity contribution in [2.45, 2.75) is 24.2 Å². The molecule has 1 aromatic rings. The van der Waals surface area contributed by atoms with E-state index in [0.29, 0.717) is 26.3 Å². The van der Waals surface area contributed by atoms with Crippen LogP contribution in [-0.4, -0.2) is 53.0 Å². The van der Waals surface area contributed by atoms with Crippen LogP contribution >= 0.6 is 23.2 Å². The first-order valence-corrected chi connectivity index (χ1v) is 8.93. The van der Waals surface area contributed by atoms with Gasteiger partial charge in [0.25, 0.3) is 0 Å². The third kappa shape index (κ3) is 2.72. The Bertz CT molecular complexity index is 674. The van der Waals surface area contributed by atoms with E-state index in [2.05, 4.69) is 11.0 Å². The molecule has 1 saturated heterocycles. The second-order valence-corrected chi connectivity index (χ2v) is 8.45. The lowest BCUT2D eigenvalue weighted by Crippen LogP contribution is -2.50. The third-order valence-corrected chi connectivity index (χ3v) is 6.33. The molecule has 1 amide bonds. The number of amides is 1. The van der Waals surface area contributed by atoms with Crippen molar-refractivity contribution in [1.29, 1.82) is 0 Å². The fourth-order valence-corrected chi connectivity index (χ4v) is 4.08. The van der Waals surface area contributed by atoms with Crippen molar-refractivity contribution in [3.63, 3.8) is 0 Å². The fourth-order valence-electron chi connectivity index (χ4n) is 3.39. The minimum Gasteiger partial charge on any atom is -0.454 e. The molecule has 7 heteroatoms. The molecule has 4 rings (SSSR count). The summed E-state index contributed by atoms with van der Waals surface area (Å²) in [6.45, 7) is 6.09. The molecule has 24 heavy (non-hydrogen) atoms. The summed E-state index contributed by atoms with van der Waals surface area (Å²) in [6.07, 6.45) is 0.541. The van der Waals surface area contributed by atoms with E-state index in [1.165, 1.54) is 5.56 Å². The van der Waals surface area contributed by atoms with Gasteiger partial charge in [-0.25, -0.2) is 0 Å². The highest BCUT2D eigenvalue weighted by Crippen LogP contribution is 2.64. The Balaban J connectivity index is 1.33. The summed E-state index contributed by atoms with van der Waals surface area (Å²) in [5, 5.41) is 0. The van der Waals surface area contributed by atoms with Gasteiger partial charge in [0.2, 0.25) is 12.7 Å². The minimum absolute atomic E-state index is 0.0789. The van der Waals surface area contributed by atoms with Crippen molar-refractivity contribution in [3.8, 4) is 11.5 Å². The lowest BCUT2D eigenvalue weighted by Gasteiger charge is -2.36. The van der Waals surface area contributed by atoms with E-state index in [4.69, 9.17) is 32.7 Å². The predicted octanol–water partition coefficient (Wildman–Crippen LogP) is 2.64. The van der Waals surface area contributed by atoms with Gasteiger partial charge >= 0.3 is 0 Å². The number of ether oxygens (including phenoxy) is 2. The van der Waals surface area contributed by atoms with Gasteiger partial charge in [0.05, 0.1) is 5.41 Å². The molecule has 0 N–H and O–H groups in total. The zero-order chi connectivity index (χ0) is 16.9. The molecule has 1 atom stereocenters. The van der Waals surface area contributed by atoms with E-state index in [1.54, 1.807) is 0 Å². The van der Waals surface area contributed by atoms with Crippen LogP contribution in [0.4, 0.5) is 0 Å². The number of halogens is 2. The molecule has 1 saturated carbocycles. The molecule has 2 heterocycles.